The van der Waals surface area contributed by atoms with Gasteiger partial charge in [0.1, 0.15) is 0 Å². The topological polar surface area (TPSA) is 83.0 Å². The van der Waals surface area contributed by atoms with Crippen LogP contribution < -0.4 is 10.0 Å². The van der Waals surface area contributed by atoms with Crippen LogP contribution in [0.3, 0.4) is 0 Å². The standard InChI is InChI=1S/C19H28N4O3S2/c1-20-19(23(2)12-10-17-5-4-14-27-17)21-15-16-6-8-18(9-7-16)28(24,25)22-11-13-26-3/h4-9,14,22H,10-13,15H2,1-3H3,(H,20,21). The van der Waals surface area contributed by atoms with Gasteiger partial charge in [-0.25, -0.2) is 13.1 Å². The second kappa shape index (κ2) is 11.2. The number of rotatable bonds is 10. The molecule has 28 heavy (non-hydrogen) atoms. The summed E-state index contributed by atoms with van der Waals surface area (Å²) in [4.78, 5) is 7.99. The SMILES string of the molecule is CN=C(NCc1ccc(S(=O)(=O)NCCOC)cc1)N(C)CCc1cccs1. The first-order valence-corrected chi connectivity index (χ1v) is 11.3. The van der Waals surface area contributed by atoms with Gasteiger partial charge in [-0.1, -0.05) is 18.2 Å². The fourth-order valence-electron chi connectivity index (χ4n) is 2.55. The number of aliphatic imine (C=N–C) groups is 1. The molecule has 0 saturated heterocycles. The highest BCUT2D eigenvalue weighted by molar-refractivity contribution is 7.89. The summed E-state index contributed by atoms with van der Waals surface area (Å²) in [5.41, 5.74) is 0.976. The van der Waals surface area contributed by atoms with Crippen LogP contribution in [-0.2, 0) is 27.7 Å². The number of nitrogens with one attached hydrogen (secondary N) is 2. The zero-order valence-corrected chi connectivity index (χ0v) is 18.1. The molecule has 0 saturated carbocycles. The molecule has 0 fully saturated rings. The lowest BCUT2D eigenvalue weighted by Crippen LogP contribution is -2.39. The molecule has 2 rings (SSSR count). The fourth-order valence-corrected chi connectivity index (χ4v) is 4.26. The lowest BCUT2D eigenvalue weighted by atomic mass is 10.2. The normalized spacial score (nSPS) is 12.2. The average Bonchev–Trinajstić information content (AvgIpc) is 3.21. The molecule has 1 aromatic heterocycles. The van der Waals surface area contributed by atoms with E-state index in [4.69, 9.17) is 4.74 Å². The van der Waals surface area contributed by atoms with Crippen molar-refractivity contribution in [3.8, 4) is 0 Å². The summed E-state index contributed by atoms with van der Waals surface area (Å²) >= 11 is 1.76. The molecule has 1 heterocycles. The van der Waals surface area contributed by atoms with Gasteiger partial charge in [0, 0.05) is 45.7 Å². The van der Waals surface area contributed by atoms with Crippen molar-refractivity contribution in [2.45, 2.75) is 17.9 Å². The summed E-state index contributed by atoms with van der Waals surface area (Å²) in [7, 11) is 1.78. The molecule has 0 amide bonds. The Morgan fingerprint density at radius 3 is 2.61 bits per heavy atom. The van der Waals surface area contributed by atoms with E-state index in [9.17, 15) is 8.42 Å². The van der Waals surface area contributed by atoms with Gasteiger partial charge in [0.15, 0.2) is 5.96 Å². The first kappa shape index (κ1) is 22.4. The maximum Gasteiger partial charge on any atom is 0.240 e. The molecule has 2 N–H and O–H groups in total. The molecule has 0 radical (unpaired) electrons. The van der Waals surface area contributed by atoms with Crippen molar-refractivity contribution in [2.75, 3.05) is 40.9 Å². The third kappa shape index (κ3) is 6.90. The van der Waals surface area contributed by atoms with Crippen molar-refractivity contribution in [3.63, 3.8) is 0 Å². The van der Waals surface area contributed by atoms with Gasteiger partial charge >= 0.3 is 0 Å². The minimum Gasteiger partial charge on any atom is -0.383 e. The second-order valence-corrected chi connectivity index (χ2v) is 8.99. The smallest absolute Gasteiger partial charge is 0.240 e. The Morgan fingerprint density at radius 2 is 2.00 bits per heavy atom. The van der Waals surface area contributed by atoms with Crippen LogP contribution in [0.15, 0.2) is 51.7 Å². The fraction of sp³-hybridized carbons (Fsp3) is 0.421. The van der Waals surface area contributed by atoms with Crippen molar-refractivity contribution >= 4 is 27.3 Å². The van der Waals surface area contributed by atoms with Gasteiger partial charge in [-0.2, -0.15) is 0 Å². The first-order valence-electron chi connectivity index (χ1n) is 8.98. The quantitative estimate of drug-likeness (QED) is 0.346. The number of likely N-dealkylation sites (N-methyl/N-ethyl adjacent to an activating group) is 1. The van der Waals surface area contributed by atoms with Crippen LogP contribution in [0.5, 0.6) is 0 Å². The van der Waals surface area contributed by atoms with Crippen molar-refractivity contribution in [2.24, 2.45) is 4.99 Å². The molecule has 9 heteroatoms. The molecule has 0 spiro atoms. The Bertz CT molecular complexity index is 835. The molecule has 0 atom stereocenters. The van der Waals surface area contributed by atoms with E-state index in [-0.39, 0.29) is 11.4 Å². The third-order valence-corrected chi connectivity index (χ3v) is 6.54. The number of hydrogen-bond donors (Lipinski definition) is 2. The Balaban J connectivity index is 1.87. The predicted molar refractivity (Wildman–Crippen MR) is 114 cm³/mol. The maximum atomic E-state index is 12.2. The summed E-state index contributed by atoms with van der Waals surface area (Å²) < 4.78 is 31.7. The molecule has 0 bridgehead atoms. The van der Waals surface area contributed by atoms with Gasteiger partial charge in [0.25, 0.3) is 0 Å². The highest BCUT2D eigenvalue weighted by Gasteiger charge is 2.13. The first-order chi connectivity index (χ1) is 13.5. The zero-order chi connectivity index (χ0) is 20.4. The minimum absolute atomic E-state index is 0.241. The predicted octanol–water partition coefficient (Wildman–Crippen LogP) is 1.92. The van der Waals surface area contributed by atoms with Gasteiger partial charge in [-0.3, -0.25) is 4.99 Å². The molecule has 0 aliphatic carbocycles. The number of methoxy groups -OCH3 is 1. The summed E-state index contributed by atoms with van der Waals surface area (Å²) in [6.07, 6.45) is 0.970. The number of benzene rings is 1. The summed E-state index contributed by atoms with van der Waals surface area (Å²) in [6, 6.07) is 11.0. The van der Waals surface area contributed by atoms with Crippen LogP contribution in [0.1, 0.15) is 10.4 Å². The van der Waals surface area contributed by atoms with Crippen LogP contribution in [0.4, 0.5) is 0 Å². The number of hydrogen-bond acceptors (Lipinski definition) is 5. The number of thiophene rings is 1. The number of nitrogens with zero attached hydrogens (tertiary/aromatic N) is 2. The Labute approximate surface area is 171 Å². The summed E-state index contributed by atoms with van der Waals surface area (Å²) in [5, 5.41) is 5.40. The average molecular weight is 425 g/mol. The van der Waals surface area contributed by atoms with Crippen molar-refractivity contribution in [1.29, 1.82) is 0 Å². The van der Waals surface area contributed by atoms with E-state index in [1.54, 1.807) is 42.6 Å². The molecular weight excluding hydrogens is 396 g/mol. The molecule has 2 aromatic rings. The Morgan fingerprint density at radius 1 is 1.25 bits per heavy atom. The monoisotopic (exact) mass is 424 g/mol. The van der Waals surface area contributed by atoms with Crippen LogP contribution >= 0.6 is 11.3 Å². The molecule has 0 aliphatic rings. The van der Waals surface area contributed by atoms with Crippen LogP contribution in [0, 0.1) is 0 Å². The van der Waals surface area contributed by atoms with Gasteiger partial charge in [-0.05, 0) is 35.6 Å². The van der Waals surface area contributed by atoms with Gasteiger partial charge in [-0.15, -0.1) is 11.3 Å². The molecule has 154 valence electrons. The van der Waals surface area contributed by atoms with Crippen molar-refractivity contribution < 1.29 is 13.2 Å². The highest BCUT2D eigenvalue weighted by atomic mass is 32.2. The van der Waals surface area contributed by atoms with Gasteiger partial charge in [0.2, 0.25) is 10.0 Å². The molecule has 0 unspecified atom stereocenters. The van der Waals surface area contributed by atoms with Crippen molar-refractivity contribution in [1.82, 2.24) is 14.9 Å². The van der Waals surface area contributed by atoms with Crippen LogP contribution in [-0.4, -0.2) is 60.2 Å². The molecular formula is C19H28N4O3S2. The van der Waals surface area contributed by atoms with Gasteiger partial charge < -0.3 is 15.0 Å². The van der Waals surface area contributed by atoms with Crippen LogP contribution in [0.25, 0.3) is 0 Å². The summed E-state index contributed by atoms with van der Waals surface area (Å²) in [5.74, 6) is 0.800. The van der Waals surface area contributed by atoms with E-state index in [0.29, 0.717) is 13.2 Å². The number of guanidine groups is 1. The minimum atomic E-state index is -3.51. The van der Waals surface area contributed by atoms with E-state index < -0.39 is 10.0 Å². The Hall–Kier alpha value is -1.94. The molecule has 1 aromatic carbocycles. The van der Waals surface area contributed by atoms with E-state index in [1.165, 1.54) is 12.0 Å². The Kier molecular flexibility index (Phi) is 8.91. The largest absolute Gasteiger partial charge is 0.383 e. The second-order valence-electron chi connectivity index (χ2n) is 6.19. The van der Waals surface area contributed by atoms with E-state index in [2.05, 4.69) is 37.4 Å². The molecule has 0 aliphatic heterocycles. The maximum absolute atomic E-state index is 12.2. The van der Waals surface area contributed by atoms with E-state index >= 15 is 0 Å². The van der Waals surface area contributed by atoms with Crippen LogP contribution in [0.2, 0.25) is 0 Å². The van der Waals surface area contributed by atoms with E-state index in [1.807, 2.05) is 7.05 Å². The van der Waals surface area contributed by atoms with E-state index in [0.717, 1.165) is 24.5 Å². The lowest BCUT2D eigenvalue weighted by molar-refractivity contribution is 0.204. The highest BCUT2D eigenvalue weighted by Crippen LogP contribution is 2.11. The summed E-state index contributed by atoms with van der Waals surface area (Å²) in [6.45, 7) is 2.01. The molecule has 7 nitrogen and oxygen atoms in total. The number of sulfonamides is 1. The zero-order valence-electron chi connectivity index (χ0n) is 16.5. The number of ether oxygens (including phenoxy) is 1. The van der Waals surface area contributed by atoms with Gasteiger partial charge in [0.05, 0.1) is 11.5 Å². The van der Waals surface area contributed by atoms with Crippen molar-refractivity contribution in [3.05, 3.63) is 52.2 Å². The lowest BCUT2D eigenvalue weighted by Gasteiger charge is -2.22. The third-order valence-electron chi connectivity index (χ3n) is 4.13.